The van der Waals surface area contributed by atoms with E-state index in [-0.39, 0.29) is 57.5 Å². The summed E-state index contributed by atoms with van der Waals surface area (Å²) < 4.78 is 44.2. The molecule has 18 heteroatoms. The summed E-state index contributed by atoms with van der Waals surface area (Å²) in [4.78, 5) is 52.4. The Kier molecular flexibility index (Phi) is 9.32. The molecule has 258 valence electrons. The third-order valence-electron chi connectivity index (χ3n) is 8.44. The third-order valence-corrected chi connectivity index (χ3v) is 8.75. The highest BCUT2D eigenvalue weighted by Crippen LogP contribution is 2.37. The summed E-state index contributed by atoms with van der Waals surface area (Å²) in [5.74, 6) is -1.19. The summed E-state index contributed by atoms with van der Waals surface area (Å²) >= 11 is 6.46. The molecule has 0 spiro atoms. The summed E-state index contributed by atoms with van der Waals surface area (Å²) in [5.41, 5.74) is 4.88. The van der Waals surface area contributed by atoms with E-state index in [0.717, 1.165) is 17.1 Å². The van der Waals surface area contributed by atoms with E-state index >= 15 is 0 Å². The zero-order chi connectivity index (χ0) is 35.0. The Morgan fingerprint density at radius 2 is 1.78 bits per heavy atom. The molecule has 2 aliphatic heterocycles. The van der Waals surface area contributed by atoms with Gasteiger partial charge in [0.25, 0.3) is 11.8 Å². The van der Waals surface area contributed by atoms with Gasteiger partial charge in [0.15, 0.2) is 17.3 Å². The van der Waals surface area contributed by atoms with Crippen LogP contribution < -0.4 is 11.1 Å². The molecule has 1 atom stereocenters. The van der Waals surface area contributed by atoms with Gasteiger partial charge >= 0.3 is 6.18 Å². The van der Waals surface area contributed by atoms with Crippen LogP contribution in [0.5, 0.6) is 0 Å². The molecule has 6 rings (SSSR count). The summed E-state index contributed by atoms with van der Waals surface area (Å²) in [6.45, 7) is 2.72. The standard InChI is InChI=1S/C31H32ClF3N10O4/c1-41-24(22-16-45(40-27(22)31(33,34)35)25-5-2-18(36)13-37-25)14-38-28(41)29(48)39-19-3-4-21(23(32)12-19)30(49)44-10-8-43(9-11-44)26(47)17-42-7-6-20(46)15-42/h2-5,12-14,16,20,46H,6-11,15,17,36H2,1H3,(H,39,48). The van der Waals surface area contributed by atoms with Crippen molar-refractivity contribution in [3.05, 3.63) is 71.0 Å². The number of pyridine rings is 1. The van der Waals surface area contributed by atoms with Gasteiger partial charge in [-0.05, 0) is 36.8 Å². The van der Waals surface area contributed by atoms with Crippen LogP contribution in [0, 0.1) is 0 Å². The van der Waals surface area contributed by atoms with Crippen molar-refractivity contribution in [3.63, 3.8) is 0 Å². The van der Waals surface area contributed by atoms with Crippen molar-refractivity contribution in [1.82, 2.24) is 39.0 Å². The highest BCUT2D eigenvalue weighted by atomic mass is 35.5. The Labute approximate surface area is 282 Å². The van der Waals surface area contributed by atoms with E-state index in [1.165, 1.54) is 48.1 Å². The number of aliphatic hydroxyl groups is 1. The van der Waals surface area contributed by atoms with Crippen molar-refractivity contribution in [3.8, 4) is 17.1 Å². The van der Waals surface area contributed by atoms with Crippen molar-refractivity contribution in [2.75, 3.05) is 56.9 Å². The number of aromatic nitrogens is 5. The van der Waals surface area contributed by atoms with Crippen LogP contribution in [0.2, 0.25) is 5.02 Å². The number of β-amino-alcohol motifs (C(OH)–C–C–N with tert-alkyl or cyclic N) is 1. The van der Waals surface area contributed by atoms with Gasteiger partial charge in [0, 0.05) is 58.2 Å². The Morgan fingerprint density at radius 3 is 2.41 bits per heavy atom. The number of piperazine rings is 1. The molecule has 2 saturated heterocycles. The summed E-state index contributed by atoms with van der Waals surface area (Å²) in [6, 6.07) is 7.25. The molecule has 0 saturated carbocycles. The van der Waals surface area contributed by atoms with Crippen molar-refractivity contribution < 1.29 is 32.7 Å². The maximum absolute atomic E-state index is 14.0. The normalized spacial score (nSPS) is 17.1. The topological polar surface area (TPSA) is 168 Å². The molecule has 0 radical (unpaired) electrons. The fourth-order valence-electron chi connectivity index (χ4n) is 5.82. The minimum Gasteiger partial charge on any atom is -0.397 e. The first-order valence-corrected chi connectivity index (χ1v) is 15.7. The Balaban J connectivity index is 1.11. The summed E-state index contributed by atoms with van der Waals surface area (Å²) in [6.07, 6.45) is -1.01. The van der Waals surface area contributed by atoms with Gasteiger partial charge in [-0.15, -0.1) is 0 Å². The lowest BCUT2D eigenvalue weighted by Crippen LogP contribution is -2.52. The monoisotopic (exact) mass is 700 g/mol. The van der Waals surface area contributed by atoms with Crippen LogP contribution >= 0.6 is 11.6 Å². The van der Waals surface area contributed by atoms with Gasteiger partial charge in [0.2, 0.25) is 5.91 Å². The Hall–Kier alpha value is -5.00. The number of anilines is 2. The molecule has 5 heterocycles. The predicted octanol–water partition coefficient (Wildman–Crippen LogP) is 2.53. The number of amides is 3. The lowest BCUT2D eigenvalue weighted by molar-refractivity contribution is -0.141. The number of halogens is 4. The first kappa shape index (κ1) is 33.9. The number of nitrogens with two attached hydrogens (primary N) is 1. The first-order valence-electron chi connectivity index (χ1n) is 15.3. The van der Waals surface area contributed by atoms with Gasteiger partial charge in [-0.1, -0.05) is 11.6 Å². The summed E-state index contributed by atoms with van der Waals surface area (Å²) in [7, 11) is 1.40. The predicted molar refractivity (Wildman–Crippen MR) is 172 cm³/mol. The zero-order valence-electron chi connectivity index (χ0n) is 26.2. The molecular formula is C31H32ClF3N10O4. The number of nitrogens with one attached hydrogen (secondary N) is 1. The third kappa shape index (κ3) is 7.23. The van der Waals surface area contributed by atoms with Crippen LogP contribution in [-0.2, 0) is 18.0 Å². The number of rotatable bonds is 7. The highest BCUT2D eigenvalue weighted by Gasteiger charge is 2.39. The quantitative estimate of drug-likeness (QED) is 0.263. The molecule has 49 heavy (non-hydrogen) atoms. The molecule has 0 aliphatic carbocycles. The van der Waals surface area contributed by atoms with Crippen LogP contribution in [0.15, 0.2) is 48.9 Å². The average Bonchev–Trinajstić information content (AvgIpc) is 3.79. The number of nitrogen functional groups attached to an aromatic ring is 1. The lowest BCUT2D eigenvalue weighted by Gasteiger charge is -2.35. The van der Waals surface area contributed by atoms with Crippen molar-refractivity contribution in [2.24, 2.45) is 7.05 Å². The molecule has 3 amide bonds. The number of hydrogen-bond donors (Lipinski definition) is 3. The number of carbonyl (C=O) groups excluding carboxylic acids is 3. The molecule has 2 aliphatic rings. The second kappa shape index (κ2) is 13.5. The Bertz CT molecular complexity index is 1890. The van der Waals surface area contributed by atoms with Gasteiger partial charge in [0.05, 0.1) is 52.6 Å². The van der Waals surface area contributed by atoms with Gasteiger partial charge in [0.1, 0.15) is 0 Å². The first-order chi connectivity index (χ1) is 23.3. The lowest BCUT2D eigenvalue weighted by atomic mass is 10.1. The molecular weight excluding hydrogens is 669 g/mol. The number of aliphatic hydroxyl groups excluding tert-OH is 1. The van der Waals surface area contributed by atoms with Crippen LogP contribution in [0.1, 0.15) is 33.1 Å². The van der Waals surface area contributed by atoms with E-state index in [2.05, 4.69) is 20.4 Å². The molecule has 14 nitrogen and oxygen atoms in total. The fraction of sp³-hybridized carbons (Fsp3) is 0.355. The molecule has 2 fully saturated rings. The molecule has 1 aromatic carbocycles. The van der Waals surface area contributed by atoms with Crippen LogP contribution in [0.3, 0.4) is 0 Å². The number of imidazole rings is 1. The summed E-state index contributed by atoms with van der Waals surface area (Å²) in [5, 5.41) is 16.1. The van der Waals surface area contributed by atoms with Crippen molar-refractivity contribution in [2.45, 2.75) is 18.7 Å². The smallest absolute Gasteiger partial charge is 0.397 e. The maximum Gasteiger partial charge on any atom is 0.435 e. The Morgan fingerprint density at radius 1 is 1.04 bits per heavy atom. The zero-order valence-corrected chi connectivity index (χ0v) is 26.9. The van der Waals surface area contributed by atoms with E-state index in [9.17, 15) is 32.7 Å². The van der Waals surface area contributed by atoms with Gasteiger partial charge < -0.3 is 30.5 Å². The molecule has 4 aromatic rings. The SMILES string of the molecule is Cn1c(-c2cn(-c3ccc(N)cn3)nc2C(F)(F)F)cnc1C(=O)Nc1ccc(C(=O)N2CCN(C(=O)CN3CCC(O)C3)CC2)c(Cl)c1. The van der Waals surface area contributed by atoms with E-state index in [1.807, 2.05) is 4.90 Å². The minimum absolute atomic E-state index is 0.0187. The number of nitrogens with zero attached hydrogens (tertiary/aromatic N) is 8. The minimum atomic E-state index is -4.82. The largest absolute Gasteiger partial charge is 0.435 e. The van der Waals surface area contributed by atoms with E-state index < -0.39 is 23.9 Å². The molecule has 0 bridgehead atoms. The van der Waals surface area contributed by atoms with Crippen molar-refractivity contribution in [1.29, 1.82) is 0 Å². The number of carbonyl (C=O) groups is 3. The number of alkyl halides is 3. The van der Waals surface area contributed by atoms with Crippen LogP contribution in [0.25, 0.3) is 17.1 Å². The average molecular weight is 701 g/mol. The molecule has 3 aromatic heterocycles. The maximum atomic E-state index is 14.0. The van der Waals surface area contributed by atoms with Gasteiger partial charge in [-0.2, -0.15) is 18.3 Å². The van der Waals surface area contributed by atoms with E-state index in [1.54, 1.807) is 9.80 Å². The van der Waals surface area contributed by atoms with Gasteiger partial charge in [-0.3, -0.25) is 19.3 Å². The number of hydrogen-bond acceptors (Lipinski definition) is 9. The van der Waals surface area contributed by atoms with Crippen LogP contribution in [-0.4, -0.2) is 114 Å². The van der Waals surface area contributed by atoms with Gasteiger partial charge in [-0.25, -0.2) is 14.6 Å². The second-order valence-electron chi connectivity index (χ2n) is 11.8. The molecule has 4 N–H and O–H groups in total. The van der Waals surface area contributed by atoms with E-state index in [4.69, 9.17) is 17.3 Å². The number of benzene rings is 1. The number of likely N-dealkylation sites (tertiary alicyclic amines) is 1. The van der Waals surface area contributed by atoms with E-state index in [0.29, 0.717) is 51.4 Å². The van der Waals surface area contributed by atoms with Crippen molar-refractivity contribution >= 4 is 40.7 Å². The van der Waals surface area contributed by atoms with Crippen LogP contribution in [0.4, 0.5) is 24.5 Å². The highest BCUT2D eigenvalue weighted by molar-refractivity contribution is 6.34. The molecule has 1 unspecified atom stereocenters. The fourth-order valence-corrected chi connectivity index (χ4v) is 6.08. The second-order valence-corrected chi connectivity index (χ2v) is 12.2.